The Balaban J connectivity index is 2.09. The van der Waals surface area contributed by atoms with Gasteiger partial charge >= 0.3 is 0 Å². The molecule has 0 aliphatic carbocycles. The highest BCUT2D eigenvalue weighted by Gasteiger charge is 2.23. The number of hydrogen-bond acceptors (Lipinski definition) is 5. The standard InChI is InChI=1S/C17H21N3O3S/c1-10(2)15(18-11(3)21)16(22)20-17-19-14(9-24-17)12-5-7-13(23-4)8-6-12/h5-10,15H,1-4H3,(H,18,21)(H,19,20,22)/t15-/m0/s1. The van der Waals surface area contributed by atoms with Crippen LogP contribution in [0.25, 0.3) is 11.3 Å². The van der Waals surface area contributed by atoms with Crippen molar-refractivity contribution in [1.82, 2.24) is 10.3 Å². The van der Waals surface area contributed by atoms with E-state index in [0.717, 1.165) is 17.0 Å². The summed E-state index contributed by atoms with van der Waals surface area (Å²) >= 11 is 1.34. The van der Waals surface area contributed by atoms with Gasteiger partial charge in [0.05, 0.1) is 12.8 Å². The van der Waals surface area contributed by atoms with E-state index < -0.39 is 6.04 Å². The highest BCUT2D eigenvalue weighted by atomic mass is 32.1. The van der Waals surface area contributed by atoms with Gasteiger partial charge in [0.2, 0.25) is 11.8 Å². The van der Waals surface area contributed by atoms with Crippen LogP contribution in [0.1, 0.15) is 20.8 Å². The molecule has 0 unspecified atom stereocenters. The summed E-state index contributed by atoms with van der Waals surface area (Å²) in [5, 5.41) is 7.81. The number of benzene rings is 1. The molecular weight excluding hydrogens is 326 g/mol. The molecule has 0 fully saturated rings. The lowest BCUT2D eigenvalue weighted by molar-refractivity contribution is -0.126. The predicted octanol–water partition coefficient (Wildman–Crippen LogP) is 2.92. The number of nitrogens with one attached hydrogen (secondary N) is 2. The van der Waals surface area contributed by atoms with E-state index in [9.17, 15) is 9.59 Å². The first-order valence-electron chi connectivity index (χ1n) is 7.58. The Bertz CT molecular complexity index is 710. The van der Waals surface area contributed by atoms with E-state index in [1.807, 2.05) is 43.5 Å². The quantitative estimate of drug-likeness (QED) is 0.842. The summed E-state index contributed by atoms with van der Waals surface area (Å²) < 4.78 is 5.13. The number of rotatable bonds is 6. The molecule has 1 aromatic heterocycles. The average Bonchev–Trinajstić information content (AvgIpc) is 3.00. The highest BCUT2D eigenvalue weighted by Crippen LogP contribution is 2.26. The third kappa shape index (κ3) is 4.55. The molecular formula is C17H21N3O3S. The van der Waals surface area contributed by atoms with E-state index in [2.05, 4.69) is 15.6 Å². The smallest absolute Gasteiger partial charge is 0.248 e. The van der Waals surface area contributed by atoms with Crippen LogP contribution >= 0.6 is 11.3 Å². The van der Waals surface area contributed by atoms with Crippen LogP contribution in [0.2, 0.25) is 0 Å². The van der Waals surface area contributed by atoms with Crippen molar-refractivity contribution in [1.29, 1.82) is 0 Å². The van der Waals surface area contributed by atoms with Crippen molar-refractivity contribution in [3.8, 4) is 17.0 Å². The zero-order valence-electron chi connectivity index (χ0n) is 14.1. The fourth-order valence-electron chi connectivity index (χ4n) is 2.16. The number of anilines is 1. The fourth-order valence-corrected chi connectivity index (χ4v) is 2.89. The minimum absolute atomic E-state index is 0.0186. The van der Waals surface area contributed by atoms with Gasteiger partial charge in [0.25, 0.3) is 0 Å². The van der Waals surface area contributed by atoms with E-state index in [1.165, 1.54) is 18.3 Å². The molecule has 2 aromatic rings. The molecule has 1 aromatic carbocycles. The van der Waals surface area contributed by atoms with E-state index >= 15 is 0 Å². The second-order valence-electron chi connectivity index (χ2n) is 5.68. The van der Waals surface area contributed by atoms with Gasteiger partial charge in [0, 0.05) is 17.9 Å². The van der Waals surface area contributed by atoms with Gasteiger partial charge in [-0.15, -0.1) is 11.3 Å². The van der Waals surface area contributed by atoms with Crippen LogP contribution in [0, 0.1) is 5.92 Å². The second-order valence-corrected chi connectivity index (χ2v) is 6.54. The number of ether oxygens (including phenoxy) is 1. The summed E-state index contributed by atoms with van der Waals surface area (Å²) in [6.07, 6.45) is 0. The second kappa shape index (κ2) is 7.92. The first-order chi connectivity index (χ1) is 11.4. The van der Waals surface area contributed by atoms with Gasteiger partial charge in [-0.2, -0.15) is 0 Å². The van der Waals surface area contributed by atoms with Gasteiger partial charge in [0.1, 0.15) is 11.8 Å². The Morgan fingerprint density at radius 2 is 1.88 bits per heavy atom. The maximum absolute atomic E-state index is 12.3. The summed E-state index contributed by atoms with van der Waals surface area (Å²) in [5.74, 6) is 0.255. The van der Waals surface area contributed by atoms with Crippen LogP contribution in [-0.4, -0.2) is 29.9 Å². The van der Waals surface area contributed by atoms with Gasteiger partial charge in [0.15, 0.2) is 5.13 Å². The average molecular weight is 347 g/mol. The van der Waals surface area contributed by atoms with Gasteiger partial charge < -0.3 is 15.4 Å². The van der Waals surface area contributed by atoms with Gasteiger partial charge in [-0.3, -0.25) is 9.59 Å². The summed E-state index contributed by atoms with van der Waals surface area (Å²) in [5.41, 5.74) is 1.72. The number of carbonyl (C=O) groups excluding carboxylic acids is 2. The molecule has 6 nitrogen and oxygen atoms in total. The number of amides is 2. The van der Waals surface area contributed by atoms with Crippen molar-refractivity contribution in [2.45, 2.75) is 26.8 Å². The van der Waals surface area contributed by atoms with Gasteiger partial charge in [-0.25, -0.2) is 4.98 Å². The molecule has 7 heteroatoms. The normalized spacial score (nSPS) is 11.9. The first-order valence-corrected chi connectivity index (χ1v) is 8.46. The van der Waals surface area contributed by atoms with Crippen molar-refractivity contribution in [3.05, 3.63) is 29.6 Å². The molecule has 128 valence electrons. The molecule has 24 heavy (non-hydrogen) atoms. The lowest BCUT2D eigenvalue weighted by Gasteiger charge is -2.20. The molecule has 0 saturated carbocycles. The van der Waals surface area contributed by atoms with E-state index in [-0.39, 0.29) is 17.7 Å². The minimum Gasteiger partial charge on any atom is -0.497 e. The van der Waals surface area contributed by atoms with Crippen LogP contribution in [0.5, 0.6) is 5.75 Å². The van der Waals surface area contributed by atoms with Crippen LogP contribution < -0.4 is 15.4 Å². The maximum Gasteiger partial charge on any atom is 0.248 e. The van der Waals surface area contributed by atoms with Crippen molar-refractivity contribution in [2.75, 3.05) is 12.4 Å². The van der Waals surface area contributed by atoms with Crippen molar-refractivity contribution >= 4 is 28.3 Å². The zero-order chi connectivity index (χ0) is 17.7. The molecule has 1 atom stereocenters. The predicted molar refractivity (Wildman–Crippen MR) is 95.2 cm³/mol. The van der Waals surface area contributed by atoms with Crippen molar-refractivity contribution < 1.29 is 14.3 Å². The van der Waals surface area contributed by atoms with E-state index in [1.54, 1.807) is 7.11 Å². The number of hydrogen-bond donors (Lipinski definition) is 2. The monoisotopic (exact) mass is 347 g/mol. The SMILES string of the molecule is COc1ccc(-c2csc(NC(=O)[C@@H](NC(C)=O)C(C)C)n2)cc1. The summed E-state index contributed by atoms with van der Waals surface area (Å²) in [4.78, 5) is 28.0. The van der Waals surface area contributed by atoms with E-state index in [0.29, 0.717) is 5.13 Å². The largest absolute Gasteiger partial charge is 0.497 e. The molecule has 0 spiro atoms. The summed E-state index contributed by atoms with van der Waals surface area (Å²) in [6.45, 7) is 5.16. The molecule has 2 N–H and O–H groups in total. The molecule has 1 heterocycles. The van der Waals surface area contributed by atoms with Crippen LogP contribution in [0.15, 0.2) is 29.6 Å². The molecule has 0 saturated heterocycles. The molecule has 2 rings (SSSR count). The van der Waals surface area contributed by atoms with Gasteiger partial charge in [-0.1, -0.05) is 13.8 Å². The lowest BCUT2D eigenvalue weighted by Crippen LogP contribution is -2.46. The molecule has 2 amide bonds. The maximum atomic E-state index is 12.3. The van der Waals surface area contributed by atoms with Crippen molar-refractivity contribution in [3.63, 3.8) is 0 Å². The van der Waals surface area contributed by atoms with Crippen molar-refractivity contribution in [2.24, 2.45) is 5.92 Å². The Kier molecular flexibility index (Phi) is 5.92. The third-order valence-corrected chi connectivity index (χ3v) is 4.19. The molecule has 0 bridgehead atoms. The first kappa shape index (κ1) is 17.9. The molecule has 0 radical (unpaired) electrons. The van der Waals surface area contributed by atoms with Crippen LogP contribution in [0.3, 0.4) is 0 Å². The fraction of sp³-hybridized carbons (Fsp3) is 0.353. The summed E-state index contributed by atoms with van der Waals surface area (Å²) in [7, 11) is 1.62. The Hall–Kier alpha value is -2.41. The number of carbonyl (C=O) groups is 2. The minimum atomic E-state index is -0.587. The Morgan fingerprint density at radius 3 is 2.42 bits per heavy atom. The topological polar surface area (TPSA) is 80.3 Å². The number of thiazole rings is 1. The van der Waals surface area contributed by atoms with E-state index in [4.69, 9.17) is 4.74 Å². The van der Waals surface area contributed by atoms with Crippen LogP contribution in [-0.2, 0) is 9.59 Å². The molecule has 0 aliphatic heterocycles. The zero-order valence-corrected chi connectivity index (χ0v) is 14.9. The Labute approximate surface area is 145 Å². The summed E-state index contributed by atoms with van der Waals surface area (Å²) in [6, 6.07) is 6.95. The number of aromatic nitrogens is 1. The Morgan fingerprint density at radius 1 is 1.21 bits per heavy atom. The van der Waals surface area contributed by atoms with Gasteiger partial charge in [-0.05, 0) is 30.2 Å². The van der Waals surface area contributed by atoms with Crippen LogP contribution in [0.4, 0.5) is 5.13 Å². The third-order valence-electron chi connectivity index (χ3n) is 3.43. The highest BCUT2D eigenvalue weighted by molar-refractivity contribution is 7.14. The number of methoxy groups -OCH3 is 1. The molecule has 0 aliphatic rings. The lowest BCUT2D eigenvalue weighted by atomic mass is 10.0. The number of nitrogens with zero attached hydrogens (tertiary/aromatic N) is 1.